The lowest BCUT2D eigenvalue weighted by molar-refractivity contribution is 0.616. The molecule has 2 aromatic carbocycles. The predicted molar refractivity (Wildman–Crippen MR) is 77.6 cm³/mol. The van der Waals surface area contributed by atoms with Crippen LogP contribution < -0.4 is 10.6 Å². The fourth-order valence-corrected chi connectivity index (χ4v) is 2.24. The van der Waals surface area contributed by atoms with Gasteiger partial charge in [0, 0.05) is 19.6 Å². The second-order valence-electron chi connectivity index (χ2n) is 4.81. The molecule has 3 heteroatoms. The van der Waals surface area contributed by atoms with Gasteiger partial charge in [0.05, 0.1) is 5.69 Å². The van der Waals surface area contributed by atoms with Gasteiger partial charge in [-0.1, -0.05) is 42.5 Å². The molecule has 0 heterocycles. The quantitative estimate of drug-likeness (QED) is 0.909. The number of hydrogen-bond donors (Lipinski definition) is 1. The fourth-order valence-electron chi connectivity index (χ4n) is 2.24. The topological polar surface area (TPSA) is 29.3 Å². The van der Waals surface area contributed by atoms with Crippen molar-refractivity contribution in [3.8, 4) is 0 Å². The summed E-state index contributed by atoms with van der Waals surface area (Å²) >= 11 is 0. The van der Waals surface area contributed by atoms with E-state index in [0.717, 1.165) is 11.1 Å². The van der Waals surface area contributed by atoms with E-state index in [1.54, 1.807) is 6.07 Å². The molecule has 0 unspecified atom stereocenters. The SMILES string of the molecule is C[C@H](N)c1cccc(F)c1N(C)Cc1ccccc1. The number of halogens is 1. The number of benzene rings is 2. The van der Waals surface area contributed by atoms with Crippen molar-refractivity contribution in [2.45, 2.75) is 19.5 Å². The highest BCUT2D eigenvalue weighted by atomic mass is 19.1. The van der Waals surface area contributed by atoms with Crippen molar-refractivity contribution < 1.29 is 4.39 Å². The zero-order valence-corrected chi connectivity index (χ0v) is 11.3. The van der Waals surface area contributed by atoms with Crippen LogP contribution in [0.1, 0.15) is 24.1 Å². The average molecular weight is 258 g/mol. The van der Waals surface area contributed by atoms with Crippen LogP contribution in [-0.2, 0) is 6.54 Å². The molecule has 0 saturated carbocycles. The van der Waals surface area contributed by atoms with E-state index in [9.17, 15) is 4.39 Å². The lowest BCUT2D eigenvalue weighted by Gasteiger charge is -2.24. The first-order valence-corrected chi connectivity index (χ1v) is 6.38. The Hall–Kier alpha value is -1.87. The third-order valence-electron chi connectivity index (χ3n) is 3.15. The molecular weight excluding hydrogens is 239 g/mol. The Morgan fingerprint density at radius 1 is 1.11 bits per heavy atom. The summed E-state index contributed by atoms with van der Waals surface area (Å²) in [5, 5.41) is 0. The van der Waals surface area contributed by atoms with Gasteiger partial charge in [-0.25, -0.2) is 4.39 Å². The first kappa shape index (κ1) is 13.6. The molecule has 0 aliphatic rings. The van der Waals surface area contributed by atoms with E-state index < -0.39 is 0 Å². The maximum Gasteiger partial charge on any atom is 0.146 e. The van der Waals surface area contributed by atoms with Gasteiger partial charge in [-0.2, -0.15) is 0 Å². The molecule has 1 atom stereocenters. The smallest absolute Gasteiger partial charge is 0.146 e. The van der Waals surface area contributed by atoms with Crippen molar-refractivity contribution in [1.29, 1.82) is 0 Å². The van der Waals surface area contributed by atoms with Gasteiger partial charge >= 0.3 is 0 Å². The Balaban J connectivity index is 2.31. The average Bonchev–Trinajstić information content (AvgIpc) is 2.39. The van der Waals surface area contributed by atoms with Crippen LogP contribution in [0.15, 0.2) is 48.5 Å². The minimum absolute atomic E-state index is 0.191. The van der Waals surface area contributed by atoms with Crippen LogP contribution in [0.5, 0.6) is 0 Å². The monoisotopic (exact) mass is 258 g/mol. The summed E-state index contributed by atoms with van der Waals surface area (Å²) in [6.45, 7) is 2.52. The number of nitrogens with zero attached hydrogens (tertiary/aromatic N) is 1. The van der Waals surface area contributed by atoms with E-state index in [1.807, 2.05) is 55.3 Å². The van der Waals surface area contributed by atoms with Crippen LogP contribution in [-0.4, -0.2) is 7.05 Å². The number of para-hydroxylation sites is 1. The second-order valence-corrected chi connectivity index (χ2v) is 4.81. The lowest BCUT2D eigenvalue weighted by atomic mass is 10.0. The summed E-state index contributed by atoms with van der Waals surface area (Å²) < 4.78 is 14.1. The molecule has 100 valence electrons. The second kappa shape index (κ2) is 5.85. The van der Waals surface area contributed by atoms with Gasteiger partial charge in [0.15, 0.2) is 0 Å². The minimum atomic E-state index is -0.228. The van der Waals surface area contributed by atoms with Crippen LogP contribution in [0.3, 0.4) is 0 Å². The largest absolute Gasteiger partial charge is 0.368 e. The molecule has 0 amide bonds. The fraction of sp³-hybridized carbons (Fsp3) is 0.250. The van der Waals surface area contributed by atoms with Crippen LogP contribution >= 0.6 is 0 Å². The van der Waals surface area contributed by atoms with Crippen molar-refractivity contribution in [1.82, 2.24) is 0 Å². The van der Waals surface area contributed by atoms with Crippen molar-refractivity contribution in [2.75, 3.05) is 11.9 Å². The maximum absolute atomic E-state index is 14.1. The highest BCUT2D eigenvalue weighted by Gasteiger charge is 2.15. The highest BCUT2D eigenvalue weighted by molar-refractivity contribution is 5.55. The predicted octanol–water partition coefficient (Wildman–Crippen LogP) is 3.48. The van der Waals surface area contributed by atoms with Crippen LogP contribution in [0.2, 0.25) is 0 Å². The molecule has 2 nitrogen and oxygen atoms in total. The molecule has 0 fully saturated rings. The Morgan fingerprint density at radius 3 is 2.42 bits per heavy atom. The molecule has 0 aliphatic carbocycles. The zero-order chi connectivity index (χ0) is 13.8. The van der Waals surface area contributed by atoms with Crippen LogP contribution in [0.4, 0.5) is 10.1 Å². The normalized spacial score (nSPS) is 12.2. The summed E-state index contributed by atoms with van der Waals surface area (Å²) in [5.74, 6) is -0.228. The van der Waals surface area contributed by atoms with E-state index in [2.05, 4.69) is 0 Å². The Labute approximate surface area is 113 Å². The first-order valence-electron chi connectivity index (χ1n) is 6.38. The first-order chi connectivity index (χ1) is 9.09. The van der Waals surface area contributed by atoms with E-state index in [1.165, 1.54) is 6.07 Å². The van der Waals surface area contributed by atoms with Crippen molar-refractivity contribution >= 4 is 5.69 Å². The molecule has 2 N–H and O–H groups in total. The standard InChI is InChI=1S/C16H19FN2/c1-12(18)14-9-6-10-15(17)16(14)19(2)11-13-7-4-3-5-8-13/h3-10,12H,11,18H2,1-2H3/t12-/m0/s1. The lowest BCUT2D eigenvalue weighted by Crippen LogP contribution is -2.21. The Bertz CT molecular complexity index is 538. The Kier molecular flexibility index (Phi) is 4.17. The molecule has 0 radical (unpaired) electrons. The number of hydrogen-bond acceptors (Lipinski definition) is 2. The molecule has 0 aliphatic heterocycles. The molecule has 0 aromatic heterocycles. The van der Waals surface area contributed by atoms with Gasteiger partial charge < -0.3 is 10.6 Å². The number of nitrogens with two attached hydrogens (primary N) is 1. The van der Waals surface area contributed by atoms with Crippen LogP contribution in [0, 0.1) is 5.82 Å². The van der Waals surface area contributed by atoms with Gasteiger partial charge in [-0.05, 0) is 24.1 Å². The van der Waals surface area contributed by atoms with Gasteiger partial charge in [0.25, 0.3) is 0 Å². The summed E-state index contributed by atoms with van der Waals surface area (Å²) in [6.07, 6.45) is 0. The molecule has 19 heavy (non-hydrogen) atoms. The van der Waals surface area contributed by atoms with E-state index in [4.69, 9.17) is 5.73 Å². The van der Waals surface area contributed by atoms with Gasteiger partial charge in [0.2, 0.25) is 0 Å². The summed E-state index contributed by atoms with van der Waals surface area (Å²) in [5.41, 5.74) is 8.48. The van der Waals surface area contributed by atoms with Gasteiger partial charge in [-0.15, -0.1) is 0 Å². The number of anilines is 1. The van der Waals surface area contributed by atoms with Crippen molar-refractivity contribution in [2.24, 2.45) is 5.73 Å². The third kappa shape index (κ3) is 3.12. The van der Waals surface area contributed by atoms with Gasteiger partial charge in [-0.3, -0.25) is 0 Å². The molecular formula is C16H19FN2. The van der Waals surface area contributed by atoms with Gasteiger partial charge in [0.1, 0.15) is 5.82 Å². The molecule has 0 bridgehead atoms. The molecule has 0 saturated heterocycles. The third-order valence-corrected chi connectivity index (χ3v) is 3.15. The minimum Gasteiger partial charge on any atom is -0.368 e. The summed E-state index contributed by atoms with van der Waals surface area (Å²) in [4.78, 5) is 1.91. The van der Waals surface area contributed by atoms with E-state index in [0.29, 0.717) is 12.2 Å². The molecule has 0 spiro atoms. The zero-order valence-electron chi connectivity index (χ0n) is 11.3. The van der Waals surface area contributed by atoms with E-state index >= 15 is 0 Å². The summed E-state index contributed by atoms with van der Waals surface area (Å²) in [7, 11) is 1.89. The molecule has 2 rings (SSSR count). The maximum atomic E-state index is 14.1. The van der Waals surface area contributed by atoms with Crippen molar-refractivity contribution in [3.05, 3.63) is 65.5 Å². The van der Waals surface area contributed by atoms with Crippen molar-refractivity contribution in [3.63, 3.8) is 0 Å². The summed E-state index contributed by atoms with van der Waals surface area (Å²) in [6, 6.07) is 14.9. The van der Waals surface area contributed by atoms with E-state index in [-0.39, 0.29) is 11.9 Å². The van der Waals surface area contributed by atoms with Crippen LogP contribution in [0.25, 0.3) is 0 Å². The number of rotatable bonds is 4. The highest BCUT2D eigenvalue weighted by Crippen LogP contribution is 2.28. The Morgan fingerprint density at radius 2 is 1.79 bits per heavy atom. The molecule has 2 aromatic rings.